The van der Waals surface area contributed by atoms with Gasteiger partial charge in [0.1, 0.15) is 0 Å². The van der Waals surface area contributed by atoms with E-state index in [0.29, 0.717) is 0 Å². The van der Waals surface area contributed by atoms with Gasteiger partial charge in [-0.2, -0.15) is 4.80 Å². The third-order valence-electron chi connectivity index (χ3n) is 3.59. The van der Waals surface area contributed by atoms with Crippen LogP contribution in [0.3, 0.4) is 0 Å². The molecule has 1 N–H and O–H groups in total. The summed E-state index contributed by atoms with van der Waals surface area (Å²) in [5.74, 6) is 0.761. The van der Waals surface area contributed by atoms with Crippen molar-refractivity contribution in [2.24, 2.45) is 7.05 Å². The van der Waals surface area contributed by atoms with Gasteiger partial charge in [-0.25, -0.2) is 0 Å². The van der Waals surface area contributed by atoms with Crippen LogP contribution in [0.5, 0.6) is 0 Å². The SMILES string of the molecule is CCNC(Cc1nnn(C)n1)c1cccc2ccccc12. The number of hydrogen-bond donors (Lipinski definition) is 1. The molecule has 0 bridgehead atoms. The maximum atomic E-state index is 4.29. The largest absolute Gasteiger partial charge is 0.310 e. The average Bonchev–Trinajstić information content (AvgIpc) is 2.91. The van der Waals surface area contributed by atoms with E-state index in [0.717, 1.165) is 18.8 Å². The molecule has 5 heteroatoms. The molecule has 1 heterocycles. The number of nitrogens with zero attached hydrogens (tertiary/aromatic N) is 4. The van der Waals surface area contributed by atoms with Gasteiger partial charge in [-0.15, -0.1) is 10.2 Å². The van der Waals surface area contributed by atoms with Crippen molar-refractivity contribution < 1.29 is 0 Å². The van der Waals surface area contributed by atoms with Gasteiger partial charge >= 0.3 is 0 Å². The zero-order chi connectivity index (χ0) is 14.7. The van der Waals surface area contributed by atoms with E-state index in [9.17, 15) is 0 Å². The van der Waals surface area contributed by atoms with Crippen LogP contribution in [0.25, 0.3) is 10.8 Å². The number of aromatic nitrogens is 4. The molecule has 0 fully saturated rings. The molecule has 0 amide bonds. The van der Waals surface area contributed by atoms with E-state index in [-0.39, 0.29) is 6.04 Å². The number of aryl methyl sites for hydroxylation is 1. The van der Waals surface area contributed by atoms with E-state index >= 15 is 0 Å². The minimum Gasteiger partial charge on any atom is -0.310 e. The Labute approximate surface area is 124 Å². The molecule has 3 rings (SSSR count). The fourth-order valence-electron chi connectivity index (χ4n) is 2.68. The van der Waals surface area contributed by atoms with Crippen LogP contribution in [0.1, 0.15) is 24.4 Å². The first-order chi connectivity index (χ1) is 10.3. The molecule has 5 nitrogen and oxygen atoms in total. The Hall–Kier alpha value is -2.27. The van der Waals surface area contributed by atoms with Crippen LogP contribution in [-0.4, -0.2) is 26.8 Å². The van der Waals surface area contributed by atoms with Crippen molar-refractivity contribution in [2.75, 3.05) is 6.54 Å². The average molecular weight is 281 g/mol. The highest BCUT2D eigenvalue weighted by atomic mass is 15.6. The molecule has 0 aliphatic heterocycles. The quantitative estimate of drug-likeness (QED) is 0.779. The van der Waals surface area contributed by atoms with Gasteiger partial charge in [0.15, 0.2) is 5.82 Å². The van der Waals surface area contributed by atoms with E-state index < -0.39 is 0 Å². The molecular formula is C16H19N5. The van der Waals surface area contributed by atoms with E-state index in [2.05, 4.69) is 70.1 Å². The fraction of sp³-hybridized carbons (Fsp3) is 0.312. The van der Waals surface area contributed by atoms with Crippen molar-refractivity contribution >= 4 is 10.8 Å². The zero-order valence-electron chi connectivity index (χ0n) is 12.3. The Balaban J connectivity index is 1.98. The summed E-state index contributed by atoms with van der Waals surface area (Å²) in [6.07, 6.45) is 0.732. The lowest BCUT2D eigenvalue weighted by molar-refractivity contribution is 0.538. The van der Waals surface area contributed by atoms with Crippen LogP contribution < -0.4 is 5.32 Å². The van der Waals surface area contributed by atoms with Gasteiger partial charge in [0.05, 0.1) is 7.05 Å². The highest BCUT2D eigenvalue weighted by molar-refractivity contribution is 5.86. The van der Waals surface area contributed by atoms with E-state index in [1.165, 1.54) is 21.1 Å². The smallest absolute Gasteiger partial charge is 0.176 e. The molecule has 108 valence electrons. The van der Waals surface area contributed by atoms with Crippen molar-refractivity contribution in [3.05, 3.63) is 53.9 Å². The van der Waals surface area contributed by atoms with Crippen molar-refractivity contribution in [1.82, 2.24) is 25.5 Å². The number of nitrogens with one attached hydrogen (secondary N) is 1. The van der Waals surface area contributed by atoms with Crippen LogP contribution in [-0.2, 0) is 13.5 Å². The predicted molar refractivity (Wildman–Crippen MR) is 82.9 cm³/mol. The number of rotatable bonds is 5. The highest BCUT2D eigenvalue weighted by Gasteiger charge is 2.16. The van der Waals surface area contributed by atoms with Gasteiger partial charge in [0, 0.05) is 12.5 Å². The summed E-state index contributed by atoms with van der Waals surface area (Å²) in [6.45, 7) is 3.01. The third kappa shape index (κ3) is 2.92. The van der Waals surface area contributed by atoms with Gasteiger partial charge in [0.2, 0.25) is 0 Å². The maximum Gasteiger partial charge on any atom is 0.176 e. The monoisotopic (exact) mass is 281 g/mol. The van der Waals surface area contributed by atoms with Gasteiger partial charge in [-0.05, 0) is 28.1 Å². The molecule has 1 aromatic heterocycles. The first kappa shape index (κ1) is 13.7. The number of likely N-dealkylation sites (N-methyl/N-ethyl adjacent to an activating group) is 1. The van der Waals surface area contributed by atoms with Gasteiger partial charge in [0.25, 0.3) is 0 Å². The molecule has 0 aliphatic rings. The topological polar surface area (TPSA) is 55.6 Å². The summed E-state index contributed by atoms with van der Waals surface area (Å²) in [5, 5.41) is 18.4. The standard InChI is InChI=1S/C16H19N5/c1-3-17-15(11-16-18-20-21(2)19-16)14-10-6-8-12-7-4-5-9-13(12)14/h4-10,15,17H,3,11H2,1-2H3. The number of tetrazole rings is 1. The Morgan fingerprint density at radius 2 is 1.95 bits per heavy atom. The summed E-state index contributed by atoms with van der Waals surface area (Å²) >= 11 is 0. The first-order valence-corrected chi connectivity index (χ1v) is 7.22. The van der Waals surface area contributed by atoms with Crippen LogP contribution in [0.15, 0.2) is 42.5 Å². The molecule has 0 radical (unpaired) electrons. The third-order valence-corrected chi connectivity index (χ3v) is 3.59. The zero-order valence-corrected chi connectivity index (χ0v) is 12.3. The summed E-state index contributed by atoms with van der Waals surface area (Å²) in [4.78, 5) is 1.50. The second-order valence-corrected chi connectivity index (χ2v) is 5.08. The molecule has 3 aromatic rings. The lowest BCUT2D eigenvalue weighted by Crippen LogP contribution is -2.23. The molecule has 1 atom stereocenters. The van der Waals surface area contributed by atoms with Crippen molar-refractivity contribution in [3.8, 4) is 0 Å². The first-order valence-electron chi connectivity index (χ1n) is 7.22. The molecule has 0 spiro atoms. The predicted octanol–water partition coefficient (Wildman–Crippen LogP) is 2.26. The molecule has 2 aromatic carbocycles. The van der Waals surface area contributed by atoms with Crippen molar-refractivity contribution in [3.63, 3.8) is 0 Å². The van der Waals surface area contributed by atoms with E-state index in [1.807, 2.05) is 0 Å². The maximum absolute atomic E-state index is 4.29. The summed E-state index contributed by atoms with van der Waals surface area (Å²) in [7, 11) is 1.79. The summed E-state index contributed by atoms with van der Waals surface area (Å²) in [6, 6.07) is 15.1. The van der Waals surface area contributed by atoms with Crippen LogP contribution in [0.2, 0.25) is 0 Å². The van der Waals surface area contributed by atoms with Crippen LogP contribution in [0, 0.1) is 0 Å². The second-order valence-electron chi connectivity index (χ2n) is 5.08. The number of hydrogen-bond acceptors (Lipinski definition) is 4. The van der Waals surface area contributed by atoms with Crippen LogP contribution >= 0.6 is 0 Å². The van der Waals surface area contributed by atoms with E-state index in [4.69, 9.17) is 0 Å². The molecule has 0 aliphatic carbocycles. The lowest BCUT2D eigenvalue weighted by atomic mass is 9.96. The molecule has 0 saturated carbocycles. The highest BCUT2D eigenvalue weighted by Crippen LogP contribution is 2.26. The normalized spacial score (nSPS) is 12.7. The fourth-order valence-corrected chi connectivity index (χ4v) is 2.68. The lowest BCUT2D eigenvalue weighted by Gasteiger charge is -2.18. The van der Waals surface area contributed by atoms with Crippen molar-refractivity contribution in [2.45, 2.75) is 19.4 Å². The Kier molecular flexibility index (Phi) is 3.92. The molecular weight excluding hydrogens is 262 g/mol. The van der Waals surface area contributed by atoms with Crippen LogP contribution in [0.4, 0.5) is 0 Å². The minimum atomic E-state index is 0.185. The summed E-state index contributed by atoms with van der Waals surface area (Å²) in [5.41, 5.74) is 1.28. The Bertz CT molecular complexity index is 729. The van der Waals surface area contributed by atoms with Gasteiger partial charge in [-0.3, -0.25) is 0 Å². The number of fused-ring (bicyclic) bond motifs is 1. The number of benzene rings is 2. The van der Waals surface area contributed by atoms with Gasteiger partial charge < -0.3 is 5.32 Å². The molecule has 21 heavy (non-hydrogen) atoms. The van der Waals surface area contributed by atoms with Crippen molar-refractivity contribution in [1.29, 1.82) is 0 Å². The Morgan fingerprint density at radius 3 is 2.71 bits per heavy atom. The molecule has 0 saturated heterocycles. The molecule has 1 unspecified atom stereocenters. The Morgan fingerprint density at radius 1 is 1.14 bits per heavy atom. The summed E-state index contributed by atoms with van der Waals surface area (Å²) < 4.78 is 0. The second kappa shape index (κ2) is 6.01. The minimum absolute atomic E-state index is 0.185. The van der Waals surface area contributed by atoms with E-state index in [1.54, 1.807) is 7.05 Å². The van der Waals surface area contributed by atoms with Gasteiger partial charge in [-0.1, -0.05) is 49.4 Å².